The second kappa shape index (κ2) is 36.1. The van der Waals surface area contributed by atoms with Crippen LogP contribution in [0.25, 0.3) is 0 Å². The summed E-state index contributed by atoms with van der Waals surface area (Å²) in [7, 11) is 0. The lowest BCUT2D eigenvalue weighted by atomic mass is 9.98. The lowest BCUT2D eigenvalue weighted by Crippen LogP contribution is -2.61. The standard InChI is InChI=1S/C48H86O15/c1-3-5-7-9-11-13-15-17-18-19-21-23-25-27-29-31-40(51)61-36(33-58-39(50)30-28-26-24-22-20-16-14-12-10-8-6-4-2)34-59-47-46(57)44(55)42(53)38(63-47)35-60-48-45(56)43(54)41(52)37(32-49)62-48/h12,14,19,21,36-38,41-49,52-57H,3-11,13,15-18,20,22-35H2,1-2H3/b14-12+,21-19+/t36-,37-,38-,41+,42+,43?,44?,45?,46?,47-,48-/m1/s1. The summed E-state index contributed by atoms with van der Waals surface area (Å²) in [5.41, 5.74) is 0. The first-order chi connectivity index (χ1) is 30.5. The number of aliphatic hydroxyl groups excluding tert-OH is 7. The Morgan fingerprint density at radius 2 is 0.905 bits per heavy atom. The second-order valence-electron chi connectivity index (χ2n) is 17.3. The summed E-state index contributed by atoms with van der Waals surface area (Å²) in [4.78, 5) is 25.7. The summed E-state index contributed by atoms with van der Waals surface area (Å²) in [6, 6.07) is 0. The van der Waals surface area contributed by atoms with Crippen LogP contribution < -0.4 is 0 Å². The highest BCUT2D eigenvalue weighted by Gasteiger charge is 2.47. The molecular formula is C48H86O15. The van der Waals surface area contributed by atoms with E-state index in [9.17, 15) is 45.3 Å². The Balaban J connectivity index is 1.84. The van der Waals surface area contributed by atoms with E-state index in [1.165, 1.54) is 70.6 Å². The van der Waals surface area contributed by atoms with Gasteiger partial charge in [0.1, 0.15) is 55.4 Å². The molecule has 2 fully saturated rings. The molecule has 0 spiro atoms. The summed E-state index contributed by atoms with van der Waals surface area (Å²) >= 11 is 0. The summed E-state index contributed by atoms with van der Waals surface area (Å²) in [6.45, 7) is 2.53. The van der Waals surface area contributed by atoms with Gasteiger partial charge in [0.2, 0.25) is 0 Å². The Hall–Kier alpha value is -2.02. The zero-order valence-electron chi connectivity index (χ0n) is 38.6. The molecule has 0 aromatic carbocycles. The first-order valence-corrected chi connectivity index (χ1v) is 24.4. The predicted molar refractivity (Wildman–Crippen MR) is 238 cm³/mol. The number of unbranched alkanes of at least 4 members (excludes halogenated alkanes) is 19. The molecule has 11 atom stereocenters. The highest BCUT2D eigenvalue weighted by molar-refractivity contribution is 5.70. The smallest absolute Gasteiger partial charge is 0.306 e. The second-order valence-corrected chi connectivity index (χ2v) is 17.3. The van der Waals surface area contributed by atoms with Crippen LogP contribution in [-0.4, -0.2) is 142 Å². The van der Waals surface area contributed by atoms with Gasteiger partial charge < -0.3 is 64.2 Å². The summed E-state index contributed by atoms with van der Waals surface area (Å²) in [5.74, 6) is -0.952. The first kappa shape index (κ1) is 57.1. The maximum Gasteiger partial charge on any atom is 0.306 e. The van der Waals surface area contributed by atoms with Crippen LogP contribution in [0.4, 0.5) is 0 Å². The zero-order valence-corrected chi connectivity index (χ0v) is 38.6. The fraction of sp³-hybridized carbons (Fsp3) is 0.875. The lowest BCUT2D eigenvalue weighted by Gasteiger charge is -2.42. The maximum atomic E-state index is 13.0. The van der Waals surface area contributed by atoms with E-state index in [0.29, 0.717) is 12.8 Å². The Morgan fingerprint density at radius 1 is 0.492 bits per heavy atom. The molecule has 0 aromatic rings. The molecule has 2 aliphatic heterocycles. The van der Waals surface area contributed by atoms with Crippen LogP contribution in [0, 0.1) is 0 Å². The van der Waals surface area contributed by atoms with E-state index >= 15 is 0 Å². The number of allylic oxidation sites excluding steroid dienone is 4. The predicted octanol–water partition coefficient (Wildman–Crippen LogP) is 5.99. The Labute approximate surface area is 377 Å². The fourth-order valence-electron chi connectivity index (χ4n) is 7.56. The molecule has 0 bridgehead atoms. The molecule has 2 aliphatic rings. The number of carbonyl (C=O) groups is 2. The van der Waals surface area contributed by atoms with Crippen molar-refractivity contribution in [3.8, 4) is 0 Å². The molecule has 15 nitrogen and oxygen atoms in total. The molecule has 2 rings (SSSR count). The minimum absolute atomic E-state index is 0.145. The van der Waals surface area contributed by atoms with E-state index in [1.54, 1.807) is 0 Å². The average Bonchev–Trinajstić information content (AvgIpc) is 3.28. The van der Waals surface area contributed by atoms with Gasteiger partial charge in [-0.05, 0) is 64.2 Å². The SMILES string of the molecule is CCCCC/C=C/CCCCCCCC(=O)OC[C@H](CO[C@@H]1O[C@H](CO[C@@H]2O[C@H](CO)[C@H](O)C(O)C2O)[C@H](O)C(O)C1O)OC(=O)CCCCC/C=C/CCCCCCCCCC. The van der Waals surface area contributed by atoms with E-state index in [4.69, 9.17) is 28.4 Å². The van der Waals surface area contributed by atoms with Gasteiger partial charge in [0.05, 0.1) is 19.8 Å². The molecule has 0 aliphatic carbocycles. The van der Waals surface area contributed by atoms with Crippen molar-refractivity contribution in [2.24, 2.45) is 0 Å². The number of carbonyl (C=O) groups excluding carboxylic acids is 2. The molecule has 368 valence electrons. The quantitative estimate of drug-likeness (QED) is 0.0216. The first-order valence-electron chi connectivity index (χ1n) is 24.4. The molecule has 2 heterocycles. The third-order valence-electron chi connectivity index (χ3n) is 11.7. The van der Waals surface area contributed by atoms with Crippen LogP contribution in [0.5, 0.6) is 0 Å². The molecular weight excluding hydrogens is 817 g/mol. The van der Waals surface area contributed by atoms with Crippen molar-refractivity contribution in [3.05, 3.63) is 24.3 Å². The molecule has 0 amide bonds. The van der Waals surface area contributed by atoms with E-state index in [0.717, 1.165) is 64.2 Å². The number of aliphatic hydroxyl groups is 7. The van der Waals surface area contributed by atoms with Gasteiger partial charge in [0, 0.05) is 12.8 Å². The van der Waals surface area contributed by atoms with Crippen molar-refractivity contribution >= 4 is 11.9 Å². The Kier molecular flexibility index (Phi) is 32.8. The van der Waals surface area contributed by atoms with Gasteiger partial charge in [-0.1, -0.05) is 122 Å². The van der Waals surface area contributed by atoms with E-state index < -0.39 is 92.7 Å². The molecule has 7 N–H and O–H groups in total. The third kappa shape index (κ3) is 24.9. The van der Waals surface area contributed by atoms with Gasteiger partial charge >= 0.3 is 11.9 Å². The zero-order chi connectivity index (χ0) is 46.1. The molecule has 2 saturated heterocycles. The Bertz CT molecular complexity index is 1200. The normalized spacial score (nSPS) is 27.0. The number of ether oxygens (including phenoxy) is 6. The monoisotopic (exact) mass is 903 g/mol. The van der Waals surface area contributed by atoms with Crippen LogP contribution in [0.2, 0.25) is 0 Å². The largest absolute Gasteiger partial charge is 0.462 e. The van der Waals surface area contributed by atoms with Gasteiger partial charge in [0.15, 0.2) is 18.7 Å². The van der Waals surface area contributed by atoms with Gasteiger partial charge in [-0.3, -0.25) is 9.59 Å². The van der Waals surface area contributed by atoms with Crippen molar-refractivity contribution in [2.75, 3.05) is 26.4 Å². The number of esters is 2. The van der Waals surface area contributed by atoms with Gasteiger partial charge in [0.25, 0.3) is 0 Å². The highest BCUT2D eigenvalue weighted by Crippen LogP contribution is 2.26. The molecule has 0 radical (unpaired) electrons. The van der Waals surface area contributed by atoms with Crippen molar-refractivity contribution in [1.29, 1.82) is 0 Å². The third-order valence-corrected chi connectivity index (χ3v) is 11.7. The van der Waals surface area contributed by atoms with Crippen molar-refractivity contribution < 1.29 is 73.8 Å². The average molecular weight is 903 g/mol. The highest BCUT2D eigenvalue weighted by atomic mass is 16.7. The number of hydrogen-bond acceptors (Lipinski definition) is 15. The minimum atomic E-state index is -1.77. The fourth-order valence-corrected chi connectivity index (χ4v) is 7.56. The van der Waals surface area contributed by atoms with Gasteiger partial charge in [-0.15, -0.1) is 0 Å². The van der Waals surface area contributed by atoms with E-state index in [2.05, 4.69) is 38.2 Å². The van der Waals surface area contributed by atoms with E-state index in [1.807, 2.05) is 0 Å². The topological polar surface area (TPSA) is 231 Å². The molecule has 0 saturated carbocycles. The number of rotatable bonds is 37. The van der Waals surface area contributed by atoms with Gasteiger partial charge in [-0.2, -0.15) is 0 Å². The Morgan fingerprint density at radius 3 is 1.44 bits per heavy atom. The van der Waals surface area contributed by atoms with Crippen LogP contribution in [0.3, 0.4) is 0 Å². The maximum absolute atomic E-state index is 13.0. The van der Waals surface area contributed by atoms with Crippen LogP contribution in [0.1, 0.15) is 174 Å². The van der Waals surface area contributed by atoms with Crippen molar-refractivity contribution in [3.63, 3.8) is 0 Å². The minimum Gasteiger partial charge on any atom is -0.462 e. The molecule has 4 unspecified atom stereocenters. The van der Waals surface area contributed by atoms with Gasteiger partial charge in [-0.25, -0.2) is 0 Å². The summed E-state index contributed by atoms with van der Waals surface area (Å²) < 4.78 is 33.5. The summed E-state index contributed by atoms with van der Waals surface area (Å²) in [6.07, 6.45) is 17.9. The van der Waals surface area contributed by atoms with Crippen LogP contribution in [0.15, 0.2) is 24.3 Å². The van der Waals surface area contributed by atoms with Crippen molar-refractivity contribution in [1.82, 2.24) is 0 Å². The lowest BCUT2D eigenvalue weighted by molar-refractivity contribution is -0.332. The van der Waals surface area contributed by atoms with Crippen LogP contribution >= 0.6 is 0 Å². The molecule has 15 heteroatoms. The molecule has 0 aromatic heterocycles. The number of hydrogen-bond donors (Lipinski definition) is 7. The van der Waals surface area contributed by atoms with E-state index in [-0.39, 0.29) is 26.1 Å². The van der Waals surface area contributed by atoms with Crippen molar-refractivity contribution in [2.45, 2.75) is 242 Å². The molecule has 63 heavy (non-hydrogen) atoms. The summed E-state index contributed by atoms with van der Waals surface area (Å²) in [5, 5.41) is 71.9. The van der Waals surface area contributed by atoms with Crippen LogP contribution in [-0.2, 0) is 38.0 Å².